The largest absolute Gasteiger partial charge is 0.383 e. The summed E-state index contributed by atoms with van der Waals surface area (Å²) in [4.78, 5) is 2.52. The van der Waals surface area contributed by atoms with Gasteiger partial charge < -0.3 is 10.1 Å². The van der Waals surface area contributed by atoms with E-state index in [2.05, 4.69) is 37.9 Å². The minimum Gasteiger partial charge on any atom is -0.383 e. The molecule has 3 nitrogen and oxygen atoms in total. The maximum Gasteiger partial charge on any atom is 0.0589 e. The first-order valence-electron chi connectivity index (χ1n) is 8.12. The quantitative estimate of drug-likeness (QED) is 0.521. The van der Waals surface area contributed by atoms with Crippen LogP contribution in [0.3, 0.4) is 0 Å². The highest BCUT2D eigenvalue weighted by Gasteiger charge is 2.11. The summed E-state index contributed by atoms with van der Waals surface area (Å²) in [6, 6.07) is 1.29. The molecule has 0 saturated heterocycles. The first-order valence-corrected chi connectivity index (χ1v) is 8.12. The molecular weight excluding hydrogens is 236 g/mol. The molecular formula is C16H36N2O. The van der Waals surface area contributed by atoms with Gasteiger partial charge in [-0.2, -0.15) is 0 Å². The van der Waals surface area contributed by atoms with Crippen LogP contribution in [0.2, 0.25) is 0 Å². The highest BCUT2D eigenvalue weighted by molar-refractivity contribution is 4.69. The summed E-state index contributed by atoms with van der Waals surface area (Å²) < 4.78 is 5.20. The van der Waals surface area contributed by atoms with Crippen LogP contribution in [0.1, 0.15) is 59.8 Å². The second kappa shape index (κ2) is 12.9. The van der Waals surface area contributed by atoms with Gasteiger partial charge in [0.2, 0.25) is 0 Å². The van der Waals surface area contributed by atoms with Gasteiger partial charge in [0, 0.05) is 38.8 Å². The number of hydrogen-bond donors (Lipinski definition) is 1. The zero-order chi connectivity index (χ0) is 14.5. The number of unbranched alkanes of at least 4 members (excludes halogenated alkanes) is 2. The summed E-state index contributed by atoms with van der Waals surface area (Å²) in [6.07, 6.45) is 6.53. The summed E-state index contributed by atoms with van der Waals surface area (Å²) in [5, 5.41) is 3.64. The molecule has 0 amide bonds. The standard InChI is InChI=1S/C16H36N2O/c1-6-8-9-10-15(3)17-11-12-18(13-14-19-5)16(4)7-2/h15-17H,6-14H2,1-5H3. The lowest BCUT2D eigenvalue weighted by Gasteiger charge is -2.28. The molecule has 2 unspecified atom stereocenters. The smallest absolute Gasteiger partial charge is 0.0589 e. The topological polar surface area (TPSA) is 24.5 Å². The first-order chi connectivity index (χ1) is 9.15. The average molecular weight is 272 g/mol. The zero-order valence-corrected chi connectivity index (χ0v) is 13.9. The van der Waals surface area contributed by atoms with E-state index in [1.807, 2.05) is 0 Å². The van der Waals surface area contributed by atoms with Gasteiger partial charge in [0.15, 0.2) is 0 Å². The van der Waals surface area contributed by atoms with Gasteiger partial charge in [0.25, 0.3) is 0 Å². The predicted molar refractivity (Wildman–Crippen MR) is 84.8 cm³/mol. The van der Waals surface area contributed by atoms with Gasteiger partial charge in [-0.1, -0.05) is 33.1 Å². The van der Waals surface area contributed by atoms with Crippen LogP contribution in [-0.2, 0) is 4.74 Å². The van der Waals surface area contributed by atoms with E-state index in [0.29, 0.717) is 12.1 Å². The first kappa shape index (κ1) is 18.9. The lowest BCUT2D eigenvalue weighted by molar-refractivity contribution is 0.123. The van der Waals surface area contributed by atoms with Gasteiger partial charge in [0.1, 0.15) is 0 Å². The van der Waals surface area contributed by atoms with Crippen LogP contribution >= 0.6 is 0 Å². The molecule has 0 rings (SSSR count). The number of methoxy groups -OCH3 is 1. The number of nitrogens with zero attached hydrogens (tertiary/aromatic N) is 1. The fraction of sp³-hybridized carbons (Fsp3) is 1.00. The summed E-state index contributed by atoms with van der Waals surface area (Å²) in [5.41, 5.74) is 0. The molecule has 2 atom stereocenters. The Balaban J connectivity index is 3.77. The fourth-order valence-electron chi connectivity index (χ4n) is 2.28. The van der Waals surface area contributed by atoms with Crippen molar-refractivity contribution in [2.75, 3.05) is 33.4 Å². The summed E-state index contributed by atoms with van der Waals surface area (Å²) >= 11 is 0. The minimum absolute atomic E-state index is 0.646. The molecule has 19 heavy (non-hydrogen) atoms. The summed E-state index contributed by atoms with van der Waals surface area (Å²) in [6.45, 7) is 13.2. The van der Waals surface area contributed by atoms with E-state index in [-0.39, 0.29) is 0 Å². The Kier molecular flexibility index (Phi) is 12.8. The number of rotatable bonds is 13. The molecule has 1 N–H and O–H groups in total. The Morgan fingerprint density at radius 3 is 2.42 bits per heavy atom. The van der Waals surface area contributed by atoms with Crippen LogP contribution in [0, 0.1) is 0 Å². The predicted octanol–water partition coefficient (Wildman–Crippen LogP) is 3.29. The zero-order valence-electron chi connectivity index (χ0n) is 13.9. The van der Waals surface area contributed by atoms with Crippen LogP contribution < -0.4 is 5.32 Å². The van der Waals surface area contributed by atoms with Gasteiger partial charge in [-0.25, -0.2) is 0 Å². The SMILES string of the molecule is CCCCCC(C)NCCN(CCOC)C(C)CC. The molecule has 0 heterocycles. The van der Waals surface area contributed by atoms with Crippen molar-refractivity contribution in [2.45, 2.75) is 71.9 Å². The monoisotopic (exact) mass is 272 g/mol. The molecule has 0 aromatic rings. The van der Waals surface area contributed by atoms with Crippen molar-refractivity contribution in [3.63, 3.8) is 0 Å². The summed E-state index contributed by atoms with van der Waals surface area (Å²) in [7, 11) is 1.78. The molecule has 0 radical (unpaired) electrons. The number of ether oxygens (including phenoxy) is 1. The molecule has 0 aliphatic carbocycles. The molecule has 0 bridgehead atoms. The Labute approximate surface area is 121 Å². The van der Waals surface area contributed by atoms with Gasteiger partial charge in [0.05, 0.1) is 6.61 Å². The van der Waals surface area contributed by atoms with Crippen LogP contribution in [0.5, 0.6) is 0 Å². The van der Waals surface area contributed by atoms with E-state index >= 15 is 0 Å². The van der Waals surface area contributed by atoms with E-state index < -0.39 is 0 Å². The highest BCUT2D eigenvalue weighted by atomic mass is 16.5. The molecule has 116 valence electrons. The molecule has 0 saturated carbocycles. The normalized spacial score (nSPS) is 14.8. The fourth-order valence-corrected chi connectivity index (χ4v) is 2.28. The third-order valence-electron chi connectivity index (χ3n) is 3.93. The molecule has 0 aliphatic heterocycles. The van der Waals surface area contributed by atoms with Crippen molar-refractivity contribution in [3.8, 4) is 0 Å². The van der Waals surface area contributed by atoms with E-state index in [4.69, 9.17) is 4.74 Å². The molecule has 0 aromatic carbocycles. The molecule has 0 aromatic heterocycles. The van der Waals surface area contributed by atoms with Gasteiger partial charge >= 0.3 is 0 Å². The van der Waals surface area contributed by atoms with Gasteiger partial charge in [-0.3, -0.25) is 4.90 Å². The number of hydrogen-bond acceptors (Lipinski definition) is 3. The Morgan fingerprint density at radius 2 is 1.84 bits per heavy atom. The van der Waals surface area contributed by atoms with Crippen molar-refractivity contribution in [2.24, 2.45) is 0 Å². The van der Waals surface area contributed by atoms with Crippen LogP contribution in [0.25, 0.3) is 0 Å². The molecule has 0 spiro atoms. The van der Waals surface area contributed by atoms with Crippen molar-refractivity contribution in [1.29, 1.82) is 0 Å². The second-order valence-corrected chi connectivity index (χ2v) is 5.64. The highest BCUT2D eigenvalue weighted by Crippen LogP contribution is 2.04. The Morgan fingerprint density at radius 1 is 1.11 bits per heavy atom. The second-order valence-electron chi connectivity index (χ2n) is 5.64. The van der Waals surface area contributed by atoms with E-state index in [0.717, 1.165) is 26.2 Å². The van der Waals surface area contributed by atoms with E-state index in [1.54, 1.807) is 7.11 Å². The van der Waals surface area contributed by atoms with Crippen molar-refractivity contribution in [3.05, 3.63) is 0 Å². The van der Waals surface area contributed by atoms with E-state index in [9.17, 15) is 0 Å². The Hall–Kier alpha value is -0.120. The molecule has 0 aliphatic rings. The molecule has 0 fully saturated rings. The van der Waals surface area contributed by atoms with Crippen molar-refractivity contribution in [1.82, 2.24) is 10.2 Å². The number of nitrogens with one attached hydrogen (secondary N) is 1. The van der Waals surface area contributed by atoms with Crippen molar-refractivity contribution >= 4 is 0 Å². The minimum atomic E-state index is 0.646. The van der Waals surface area contributed by atoms with Crippen LogP contribution in [0.15, 0.2) is 0 Å². The van der Waals surface area contributed by atoms with Gasteiger partial charge in [-0.15, -0.1) is 0 Å². The lowest BCUT2D eigenvalue weighted by Crippen LogP contribution is -2.41. The van der Waals surface area contributed by atoms with E-state index in [1.165, 1.54) is 32.1 Å². The Bertz CT molecular complexity index is 188. The molecule has 3 heteroatoms. The maximum atomic E-state index is 5.20. The van der Waals surface area contributed by atoms with Gasteiger partial charge in [-0.05, 0) is 26.7 Å². The van der Waals surface area contributed by atoms with Crippen molar-refractivity contribution < 1.29 is 4.74 Å². The van der Waals surface area contributed by atoms with Crippen LogP contribution in [-0.4, -0.2) is 50.3 Å². The third-order valence-corrected chi connectivity index (χ3v) is 3.93. The average Bonchev–Trinajstić information content (AvgIpc) is 2.42. The lowest BCUT2D eigenvalue weighted by atomic mass is 10.1. The maximum absolute atomic E-state index is 5.20. The summed E-state index contributed by atoms with van der Waals surface area (Å²) in [5.74, 6) is 0. The van der Waals surface area contributed by atoms with Crippen LogP contribution in [0.4, 0.5) is 0 Å². The third kappa shape index (κ3) is 10.3.